The van der Waals surface area contributed by atoms with Crippen molar-refractivity contribution in [3.63, 3.8) is 0 Å². The molecule has 1 spiro atoms. The maximum absolute atomic E-state index is 6.32. The highest BCUT2D eigenvalue weighted by molar-refractivity contribution is 5.50. The molecule has 1 aliphatic carbocycles. The third kappa shape index (κ3) is 5.94. The van der Waals surface area contributed by atoms with Gasteiger partial charge in [0.15, 0.2) is 0 Å². The van der Waals surface area contributed by atoms with Gasteiger partial charge in [-0.25, -0.2) is 9.78 Å². The van der Waals surface area contributed by atoms with E-state index in [-0.39, 0.29) is 0 Å². The van der Waals surface area contributed by atoms with Crippen molar-refractivity contribution < 1.29 is 14.5 Å². The highest BCUT2D eigenvalue weighted by Gasteiger charge is 2.42. The molecule has 1 atom stereocenters. The van der Waals surface area contributed by atoms with Crippen molar-refractivity contribution in [3.8, 4) is 0 Å². The summed E-state index contributed by atoms with van der Waals surface area (Å²) < 4.78 is 6.32. The second-order valence-electron chi connectivity index (χ2n) is 8.10. The average Bonchev–Trinajstić information content (AvgIpc) is 2.66. The quantitative estimate of drug-likeness (QED) is 0.570. The summed E-state index contributed by atoms with van der Waals surface area (Å²) in [6.45, 7) is 2.56. The Bertz CT molecular complexity index is 530. The zero-order valence-corrected chi connectivity index (χ0v) is 16.3. The van der Waals surface area contributed by atoms with Crippen LogP contribution in [0.25, 0.3) is 6.08 Å². The SMILES string of the molecule is CC1(C=Cc2ccccc2)COC2(CCCCCCCCCCC2)OO1. The summed E-state index contributed by atoms with van der Waals surface area (Å²) in [5, 5.41) is 0. The molecule has 0 radical (unpaired) electrons. The van der Waals surface area contributed by atoms with Crippen molar-refractivity contribution in [3.05, 3.63) is 42.0 Å². The van der Waals surface area contributed by atoms with Crippen LogP contribution < -0.4 is 0 Å². The van der Waals surface area contributed by atoms with Gasteiger partial charge in [-0.05, 0) is 31.4 Å². The Morgan fingerprint density at radius 3 is 1.88 bits per heavy atom. The van der Waals surface area contributed by atoms with Gasteiger partial charge in [0.1, 0.15) is 5.60 Å². The van der Waals surface area contributed by atoms with Crippen LogP contribution in [0.5, 0.6) is 0 Å². The summed E-state index contributed by atoms with van der Waals surface area (Å²) in [7, 11) is 0. The van der Waals surface area contributed by atoms with Gasteiger partial charge in [-0.3, -0.25) is 0 Å². The Morgan fingerprint density at radius 1 is 0.769 bits per heavy atom. The van der Waals surface area contributed by atoms with Gasteiger partial charge >= 0.3 is 0 Å². The van der Waals surface area contributed by atoms with Crippen LogP contribution in [0, 0.1) is 0 Å². The van der Waals surface area contributed by atoms with Gasteiger partial charge in [0.2, 0.25) is 5.79 Å². The lowest BCUT2D eigenvalue weighted by Crippen LogP contribution is -2.50. The lowest BCUT2D eigenvalue weighted by atomic mass is 9.96. The molecule has 144 valence electrons. The van der Waals surface area contributed by atoms with Gasteiger partial charge in [-0.2, -0.15) is 0 Å². The molecule has 1 saturated heterocycles. The highest BCUT2D eigenvalue weighted by Crippen LogP contribution is 2.36. The second-order valence-corrected chi connectivity index (χ2v) is 8.10. The zero-order chi connectivity index (χ0) is 18.1. The Labute approximate surface area is 158 Å². The van der Waals surface area contributed by atoms with E-state index in [1.54, 1.807) is 0 Å². The number of ether oxygens (including phenoxy) is 1. The molecular formula is C23H34O3. The molecule has 1 heterocycles. The summed E-state index contributed by atoms with van der Waals surface area (Å²) in [5.74, 6) is -0.542. The van der Waals surface area contributed by atoms with Crippen molar-refractivity contribution in [1.82, 2.24) is 0 Å². The molecule has 1 saturated carbocycles. The maximum Gasteiger partial charge on any atom is 0.201 e. The fraction of sp³-hybridized carbons (Fsp3) is 0.652. The van der Waals surface area contributed by atoms with Crippen LogP contribution in [0.15, 0.2) is 36.4 Å². The molecule has 3 heteroatoms. The Balaban J connectivity index is 1.57. The third-order valence-corrected chi connectivity index (χ3v) is 5.55. The number of hydrogen-bond donors (Lipinski definition) is 0. The molecule has 3 rings (SSSR count). The van der Waals surface area contributed by atoms with E-state index in [9.17, 15) is 0 Å². The Morgan fingerprint density at radius 2 is 1.35 bits per heavy atom. The molecule has 1 unspecified atom stereocenters. The van der Waals surface area contributed by atoms with Gasteiger partial charge in [0.25, 0.3) is 0 Å². The molecule has 1 aromatic rings. The summed E-state index contributed by atoms with van der Waals surface area (Å²) in [6, 6.07) is 10.3. The average molecular weight is 359 g/mol. The smallest absolute Gasteiger partial charge is 0.201 e. The van der Waals surface area contributed by atoms with E-state index in [2.05, 4.69) is 18.2 Å². The molecule has 0 aromatic heterocycles. The zero-order valence-electron chi connectivity index (χ0n) is 16.3. The lowest BCUT2D eigenvalue weighted by Gasteiger charge is -2.42. The second kappa shape index (κ2) is 9.68. The molecule has 2 fully saturated rings. The maximum atomic E-state index is 6.32. The van der Waals surface area contributed by atoms with Crippen molar-refractivity contribution in [1.29, 1.82) is 0 Å². The number of rotatable bonds is 2. The minimum atomic E-state index is -0.542. The van der Waals surface area contributed by atoms with E-state index < -0.39 is 11.4 Å². The van der Waals surface area contributed by atoms with Crippen LogP contribution in [0.4, 0.5) is 0 Å². The molecule has 0 amide bonds. The summed E-state index contributed by atoms with van der Waals surface area (Å²) in [6.07, 6.45) is 17.6. The van der Waals surface area contributed by atoms with Gasteiger partial charge in [-0.15, -0.1) is 0 Å². The van der Waals surface area contributed by atoms with Crippen molar-refractivity contribution >= 4 is 6.08 Å². The van der Waals surface area contributed by atoms with E-state index in [4.69, 9.17) is 14.5 Å². The van der Waals surface area contributed by atoms with Crippen LogP contribution in [-0.2, 0) is 14.5 Å². The van der Waals surface area contributed by atoms with Gasteiger partial charge in [0.05, 0.1) is 6.61 Å². The Hall–Kier alpha value is -1.16. The third-order valence-electron chi connectivity index (χ3n) is 5.55. The van der Waals surface area contributed by atoms with E-state index >= 15 is 0 Å². The normalized spacial score (nSPS) is 28.5. The molecule has 0 bridgehead atoms. The first-order chi connectivity index (χ1) is 12.7. The fourth-order valence-electron chi connectivity index (χ4n) is 3.79. The van der Waals surface area contributed by atoms with E-state index in [0.717, 1.165) is 31.2 Å². The van der Waals surface area contributed by atoms with Gasteiger partial charge in [-0.1, -0.05) is 81.4 Å². The first kappa shape index (κ1) is 19.6. The number of hydrogen-bond acceptors (Lipinski definition) is 3. The Kier molecular flexibility index (Phi) is 7.30. The van der Waals surface area contributed by atoms with E-state index in [0.29, 0.717) is 6.61 Å². The summed E-state index contributed by atoms with van der Waals surface area (Å²) in [4.78, 5) is 11.8. The van der Waals surface area contributed by atoms with Crippen LogP contribution >= 0.6 is 0 Å². The van der Waals surface area contributed by atoms with Crippen LogP contribution in [0.1, 0.15) is 83.1 Å². The largest absolute Gasteiger partial charge is 0.344 e. The van der Waals surface area contributed by atoms with Crippen molar-refractivity contribution in [2.24, 2.45) is 0 Å². The molecular weight excluding hydrogens is 324 g/mol. The summed E-state index contributed by atoms with van der Waals surface area (Å²) >= 11 is 0. The van der Waals surface area contributed by atoms with Crippen LogP contribution in [-0.4, -0.2) is 18.0 Å². The lowest BCUT2D eigenvalue weighted by molar-refractivity contribution is -0.503. The van der Waals surface area contributed by atoms with Gasteiger partial charge in [0, 0.05) is 12.8 Å². The van der Waals surface area contributed by atoms with E-state index in [1.165, 1.54) is 44.9 Å². The van der Waals surface area contributed by atoms with Crippen molar-refractivity contribution in [2.45, 2.75) is 88.9 Å². The molecule has 3 nitrogen and oxygen atoms in total. The highest BCUT2D eigenvalue weighted by atomic mass is 17.2. The first-order valence-electron chi connectivity index (χ1n) is 10.4. The monoisotopic (exact) mass is 358 g/mol. The minimum Gasteiger partial charge on any atom is -0.344 e. The van der Waals surface area contributed by atoms with Crippen LogP contribution in [0.3, 0.4) is 0 Å². The molecule has 0 N–H and O–H groups in total. The predicted molar refractivity (Wildman–Crippen MR) is 106 cm³/mol. The first-order valence-corrected chi connectivity index (χ1v) is 10.4. The van der Waals surface area contributed by atoms with Gasteiger partial charge < -0.3 is 4.74 Å². The molecule has 2 aliphatic rings. The van der Waals surface area contributed by atoms with Crippen molar-refractivity contribution in [2.75, 3.05) is 6.61 Å². The van der Waals surface area contributed by atoms with E-state index in [1.807, 2.05) is 31.2 Å². The molecule has 26 heavy (non-hydrogen) atoms. The predicted octanol–water partition coefficient (Wildman–Crippen LogP) is 6.44. The van der Waals surface area contributed by atoms with Crippen LogP contribution in [0.2, 0.25) is 0 Å². The fourth-order valence-corrected chi connectivity index (χ4v) is 3.79. The topological polar surface area (TPSA) is 27.7 Å². The molecule has 1 aliphatic heterocycles. The standard InChI is InChI=1S/C23H34O3/c1-22(19-16-21-14-10-9-11-15-21)20-24-23(26-25-22)17-12-7-5-3-2-4-6-8-13-18-23/h9-11,14-16,19H,2-8,12-13,17-18,20H2,1H3. The minimum absolute atomic E-state index is 0.537. The molecule has 1 aromatic carbocycles. The number of benzene rings is 1. The summed E-state index contributed by atoms with van der Waals surface area (Å²) in [5.41, 5.74) is 0.619.